The molecule has 2 N–H and O–H groups in total. The van der Waals surface area contributed by atoms with Gasteiger partial charge in [0.15, 0.2) is 0 Å². The molecule has 0 saturated heterocycles. The van der Waals surface area contributed by atoms with E-state index in [1.54, 1.807) is 7.05 Å². The Morgan fingerprint density at radius 1 is 1.53 bits per heavy atom. The molecule has 0 rings (SSSR count). The van der Waals surface area contributed by atoms with Gasteiger partial charge in [-0.15, -0.1) is 0 Å². The number of likely N-dealkylation sites (N-methyl/N-ethyl adjacent to an activating group) is 1. The van der Waals surface area contributed by atoms with E-state index in [0.717, 1.165) is 0 Å². The molecule has 1 atom stereocenters. The summed E-state index contributed by atoms with van der Waals surface area (Å²) in [6.07, 6.45) is 0. The number of carboxylic acid groups (broad SMARTS) is 1. The van der Waals surface area contributed by atoms with Gasteiger partial charge in [-0.25, -0.2) is 4.79 Å². The van der Waals surface area contributed by atoms with Crippen LogP contribution in [0.1, 0.15) is 13.8 Å². The highest BCUT2D eigenvalue weighted by atomic mass is 16.5. The third-order valence-electron chi connectivity index (χ3n) is 1.83. The molecule has 6 nitrogen and oxygen atoms in total. The lowest BCUT2D eigenvalue weighted by Crippen LogP contribution is -2.46. The molecule has 6 heteroatoms. The third kappa shape index (κ3) is 5.90. The van der Waals surface area contributed by atoms with Crippen molar-refractivity contribution in [2.75, 3.05) is 26.8 Å². The first kappa shape index (κ1) is 13.7. The Bertz CT molecular complexity index is 220. The van der Waals surface area contributed by atoms with Crippen LogP contribution in [-0.2, 0) is 9.53 Å². The largest absolute Gasteiger partial charge is 0.480 e. The van der Waals surface area contributed by atoms with Gasteiger partial charge in [-0.3, -0.25) is 4.79 Å². The Hall–Kier alpha value is -1.30. The van der Waals surface area contributed by atoms with E-state index in [-0.39, 0.29) is 0 Å². The fourth-order valence-corrected chi connectivity index (χ4v) is 0.805. The first-order valence-electron chi connectivity index (χ1n) is 4.81. The van der Waals surface area contributed by atoms with Crippen molar-refractivity contribution in [2.45, 2.75) is 19.9 Å². The van der Waals surface area contributed by atoms with Crippen molar-refractivity contribution in [1.29, 1.82) is 0 Å². The number of rotatable bonds is 6. The summed E-state index contributed by atoms with van der Waals surface area (Å²) >= 11 is 0. The summed E-state index contributed by atoms with van der Waals surface area (Å²) in [5.74, 6) is -1.05. The number of carbonyl (C=O) groups excluding carboxylic acids is 1. The van der Waals surface area contributed by atoms with Crippen LogP contribution >= 0.6 is 0 Å². The fraction of sp³-hybridized carbons (Fsp3) is 0.778. The van der Waals surface area contributed by atoms with Gasteiger partial charge >= 0.3 is 12.0 Å². The van der Waals surface area contributed by atoms with Crippen LogP contribution in [0.25, 0.3) is 0 Å². The topological polar surface area (TPSA) is 78.9 Å². The van der Waals surface area contributed by atoms with Crippen LogP contribution in [0.3, 0.4) is 0 Å². The Morgan fingerprint density at radius 3 is 2.60 bits per heavy atom. The summed E-state index contributed by atoms with van der Waals surface area (Å²) in [5, 5.41) is 10.9. The summed E-state index contributed by atoms with van der Waals surface area (Å²) in [4.78, 5) is 23.2. The second-order valence-corrected chi connectivity index (χ2v) is 3.13. The van der Waals surface area contributed by atoms with Crippen molar-refractivity contribution in [1.82, 2.24) is 10.2 Å². The van der Waals surface area contributed by atoms with Crippen LogP contribution in [0.5, 0.6) is 0 Å². The van der Waals surface area contributed by atoms with E-state index in [0.29, 0.717) is 19.8 Å². The molecule has 0 heterocycles. The molecule has 0 fully saturated rings. The van der Waals surface area contributed by atoms with Gasteiger partial charge in [-0.05, 0) is 13.8 Å². The van der Waals surface area contributed by atoms with Crippen molar-refractivity contribution < 1.29 is 19.4 Å². The van der Waals surface area contributed by atoms with Gasteiger partial charge in [0.05, 0.1) is 6.61 Å². The van der Waals surface area contributed by atoms with Gasteiger partial charge in [-0.1, -0.05) is 0 Å². The maximum absolute atomic E-state index is 11.3. The molecular weight excluding hydrogens is 200 g/mol. The maximum Gasteiger partial charge on any atom is 0.325 e. The van der Waals surface area contributed by atoms with Crippen molar-refractivity contribution in [3.63, 3.8) is 0 Å². The number of hydrogen-bond acceptors (Lipinski definition) is 3. The SMILES string of the molecule is CCOCCN(C)C(=O)N[C@@H](C)C(=O)O. The van der Waals surface area contributed by atoms with E-state index in [4.69, 9.17) is 9.84 Å². The number of amides is 2. The molecule has 15 heavy (non-hydrogen) atoms. The van der Waals surface area contributed by atoms with E-state index in [1.807, 2.05) is 6.92 Å². The molecule has 0 aromatic carbocycles. The standard InChI is InChI=1S/C9H18N2O4/c1-4-15-6-5-11(3)9(14)10-7(2)8(12)13/h7H,4-6H2,1-3H3,(H,10,14)(H,12,13)/t7-/m0/s1. The summed E-state index contributed by atoms with van der Waals surface area (Å²) in [6, 6.07) is -1.29. The van der Waals surface area contributed by atoms with Crippen molar-refractivity contribution >= 4 is 12.0 Å². The van der Waals surface area contributed by atoms with Crippen LogP contribution in [0.4, 0.5) is 4.79 Å². The molecule has 0 radical (unpaired) electrons. The molecule has 0 bridgehead atoms. The number of ether oxygens (including phenoxy) is 1. The summed E-state index contributed by atoms with van der Waals surface area (Å²) in [5.41, 5.74) is 0. The molecule has 0 aromatic rings. The van der Waals surface area contributed by atoms with Crippen molar-refractivity contribution in [3.8, 4) is 0 Å². The van der Waals surface area contributed by atoms with Crippen LogP contribution < -0.4 is 5.32 Å². The number of nitrogens with zero attached hydrogens (tertiary/aromatic N) is 1. The van der Waals surface area contributed by atoms with Crippen molar-refractivity contribution in [3.05, 3.63) is 0 Å². The molecule has 0 aliphatic carbocycles. The Morgan fingerprint density at radius 2 is 2.13 bits per heavy atom. The summed E-state index contributed by atoms with van der Waals surface area (Å²) in [7, 11) is 1.59. The van der Waals surface area contributed by atoms with E-state index in [9.17, 15) is 9.59 Å². The predicted octanol–water partition coefficient (Wildman–Crippen LogP) is 0.137. The number of urea groups is 1. The van der Waals surface area contributed by atoms with Gasteiger partial charge in [0, 0.05) is 20.2 Å². The minimum atomic E-state index is -1.05. The lowest BCUT2D eigenvalue weighted by Gasteiger charge is -2.19. The zero-order chi connectivity index (χ0) is 11.8. The van der Waals surface area contributed by atoms with Crippen molar-refractivity contribution in [2.24, 2.45) is 0 Å². The van der Waals surface area contributed by atoms with Gasteiger partial charge in [0.1, 0.15) is 6.04 Å². The Kier molecular flexibility index (Phi) is 6.44. The number of aliphatic carboxylic acids is 1. The molecule has 0 saturated carbocycles. The quantitative estimate of drug-likeness (QED) is 0.621. The first-order chi connectivity index (χ1) is 6.99. The molecule has 0 unspecified atom stereocenters. The highest BCUT2D eigenvalue weighted by Gasteiger charge is 2.16. The lowest BCUT2D eigenvalue weighted by atomic mass is 10.3. The van der Waals surface area contributed by atoms with Gasteiger partial charge in [0.25, 0.3) is 0 Å². The normalized spacial score (nSPS) is 11.9. The molecule has 2 amide bonds. The smallest absolute Gasteiger partial charge is 0.325 e. The second-order valence-electron chi connectivity index (χ2n) is 3.13. The average molecular weight is 218 g/mol. The summed E-state index contributed by atoms with van der Waals surface area (Å²) in [6.45, 7) is 4.76. The van der Waals surface area contributed by atoms with Crippen LogP contribution in [0.15, 0.2) is 0 Å². The third-order valence-corrected chi connectivity index (χ3v) is 1.83. The minimum Gasteiger partial charge on any atom is -0.480 e. The monoisotopic (exact) mass is 218 g/mol. The molecule has 0 spiro atoms. The fourth-order valence-electron chi connectivity index (χ4n) is 0.805. The van der Waals surface area contributed by atoms with Crippen LogP contribution in [0, 0.1) is 0 Å². The highest BCUT2D eigenvalue weighted by Crippen LogP contribution is 1.88. The van der Waals surface area contributed by atoms with E-state index < -0.39 is 18.0 Å². The van der Waals surface area contributed by atoms with E-state index >= 15 is 0 Å². The summed E-state index contributed by atoms with van der Waals surface area (Å²) < 4.78 is 5.07. The zero-order valence-electron chi connectivity index (χ0n) is 9.32. The van der Waals surface area contributed by atoms with Crippen LogP contribution in [-0.4, -0.2) is 54.9 Å². The zero-order valence-corrected chi connectivity index (χ0v) is 9.32. The number of carboxylic acids is 1. The number of nitrogens with one attached hydrogen (secondary N) is 1. The predicted molar refractivity (Wildman–Crippen MR) is 54.8 cm³/mol. The number of carbonyl (C=O) groups is 2. The molecule has 0 aliphatic heterocycles. The highest BCUT2D eigenvalue weighted by molar-refractivity contribution is 5.82. The number of hydrogen-bond donors (Lipinski definition) is 2. The molecule has 88 valence electrons. The lowest BCUT2D eigenvalue weighted by molar-refractivity contribution is -0.138. The van der Waals surface area contributed by atoms with Gasteiger partial charge < -0.3 is 20.1 Å². The first-order valence-corrected chi connectivity index (χ1v) is 4.81. The molecule has 0 aliphatic rings. The van der Waals surface area contributed by atoms with E-state index in [1.165, 1.54) is 11.8 Å². The minimum absolute atomic E-state index is 0.412. The molecular formula is C9H18N2O4. The van der Waals surface area contributed by atoms with Gasteiger partial charge in [-0.2, -0.15) is 0 Å². The average Bonchev–Trinajstić information content (AvgIpc) is 2.17. The Balaban J connectivity index is 3.83. The van der Waals surface area contributed by atoms with E-state index in [2.05, 4.69) is 5.32 Å². The maximum atomic E-state index is 11.3. The molecule has 0 aromatic heterocycles. The van der Waals surface area contributed by atoms with Crippen LogP contribution in [0.2, 0.25) is 0 Å². The second kappa shape index (κ2) is 7.05. The Labute approximate surface area is 89.2 Å². The van der Waals surface area contributed by atoms with Gasteiger partial charge in [0.2, 0.25) is 0 Å².